The Labute approximate surface area is 133 Å². The Balaban J connectivity index is 1.96. The topological polar surface area (TPSA) is 76.4 Å². The molecule has 0 aliphatic carbocycles. The molecule has 7 heteroatoms. The molecule has 0 aliphatic heterocycles. The standard InChI is InChI=1S/C15H15N3O3S/c1-21-14-8-3-2-5-11(14)10-16-15(22)17-12-6-4-7-13(9-12)18(19)20/h2-9H,10H2,1H3,(H2,16,17,22). The Bertz CT molecular complexity index is 691. The van der Waals surface area contributed by atoms with E-state index in [1.54, 1.807) is 19.2 Å². The number of hydrogen-bond acceptors (Lipinski definition) is 4. The molecule has 114 valence electrons. The van der Waals surface area contributed by atoms with Gasteiger partial charge in [-0.15, -0.1) is 0 Å². The number of nitrogens with zero attached hydrogens (tertiary/aromatic N) is 1. The van der Waals surface area contributed by atoms with Crippen molar-refractivity contribution >= 4 is 28.7 Å². The lowest BCUT2D eigenvalue weighted by Gasteiger charge is -2.12. The maximum Gasteiger partial charge on any atom is 0.271 e. The highest BCUT2D eigenvalue weighted by atomic mass is 32.1. The summed E-state index contributed by atoms with van der Waals surface area (Å²) in [5, 5.41) is 17.1. The summed E-state index contributed by atoms with van der Waals surface area (Å²) in [6, 6.07) is 13.8. The van der Waals surface area contributed by atoms with Crippen LogP contribution in [0.5, 0.6) is 5.75 Å². The van der Waals surface area contributed by atoms with Gasteiger partial charge in [0.2, 0.25) is 0 Å². The van der Waals surface area contributed by atoms with E-state index in [0.29, 0.717) is 17.3 Å². The number of nitro groups is 1. The van der Waals surface area contributed by atoms with Gasteiger partial charge in [0.25, 0.3) is 5.69 Å². The second kappa shape index (κ2) is 7.37. The van der Waals surface area contributed by atoms with Gasteiger partial charge in [-0.25, -0.2) is 0 Å². The van der Waals surface area contributed by atoms with Gasteiger partial charge in [-0.1, -0.05) is 24.3 Å². The van der Waals surface area contributed by atoms with Crippen molar-refractivity contribution in [2.45, 2.75) is 6.54 Å². The number of thiocarbonyl (C=S) groups is 1. The van der Waals surface area contributed by atoms with Crippen molar-refractivity contribution in [3.05, 3.63) is 64.2 Å². The van der Waals surface area contributed by atoms with E-state index in [9.17, 15) is 10.1 Å². The molecule has 0 amide bonds. The van der Waals surface area contributed by atoms with Crippen molar-refractivity contribution in [3.63, 3.8) is 0 Å². The molecule has 0 radical (unpaired) electrons. The smallest absolute Gasteiger partial charge is 0.271 e. The first-order chi connectivity index (χ1) is 10.6. The van der Waals surface area contributed by atoms with Crippen LogP contribution in [0.15, 0.2) is 48.5 Å². The third-order valence-electron chi connectivity index (χ3n) is 2.95. The van der Waals surface area contributed by atoms with Gasteiger partial charge in [0, 0.05) is 29.9 Å². The average Bonchev–Trinajstić information content (AvgIpc) is 2.53. The Morgan fingerprint density at radius 1 is 1.27 bits per heavy atom. The molecule has 2 rings (SSSR count). The summed E-state index contributed by atoms with van der Waals surface area (Å²) in [7, 11) is 1.61. The molecule has 0 saturated carbocycles. The van der Waals surface area contributed by atoms with Gasteiger partial charge in [0.1, 0.15) is 5.75 Å². The normalized spacial score (nSPS) is 9.86. The predicted octanol–water partition coefficient (Wildman–Crippen LogP) is 3.09. The van der Waals surface area contributed by atoms with Crippen molar-refractivity contribution in [3.8, 4) is 5.75 Å². The SMILES string of the molecule is COc1ccccc1CNC(=S)Nc1cccc([N+](=O)[O-])c1. The van der Waals surface area contributed by atoms with E-state index in [0.717, 1.165) is 11.3 Å². The van der Waals surface area contributed by atoms with Crippen LogP contribution in [0.3, 0.4) is 0 Å². The lowest BCUT2D eigenvalue weighted by Crippen LogP contribution is -2.28. The van der Waals surface area contributed by atoms with Gasteiger partial charge in [-0.3, -0.25) is 10.1 Å². The van der Waals surface area contributed by atoms with Crippen LogP contribution in [0.2, 0.25) is 0 Å². The highest BCUT2D eigenvalue weighted by molar-refractivity contribution is 7.80. The first-order valence-corrected chi connectivity index (χ1v) is 6.92. The van der Waals surface area contributed by atoms with Gasteiger partial charge in [-0.2, -0.15) is 0 Å². The number of anilines is 1. The number of para-hydroxylation sites is 1. The summed E-state index contributed by atoms with van der Waals surface area (Å²) >= 11 is 5.19. The number of methoxy groups -OCH3 is 1. The zero-order chi connectivity index (χ0) is 15.9. The van der Waals surface area contributed by atoms with E-state index < -0.39 is 4.92 Å². The van der Waals surface area contributed by atoms with E-state index in [1.165, 1.54) is 12.1 Å². The number of benzene rings is 2. The molecule has 0 unspecified atom stereocenters. The molecule has 2 aromatic carbocycles. The van der Waals surface area contributed by atoms with Crippen molar-refractivity contribution in [2.24, 2.45) is 0 Å². The van der Waals surface area contributed by atoms with Gasteiger partial charge in [0.15, 0.2) is 5.11 Å². The summed E-state index contributed by atoms with van der Waals surface area (Å²) < 4.78 is 5.26. The molecule has 0 bridgehead atoms. The van der Waals surface area contributed by atoms with Crippen LogP contribution in [-0.2, 0) is 6.54 Å². The van der Waals surface area contributed by atoms with E-state index in [4.69, 9.17) is 17.0 Å². The lowest BCUT2D eigenvalue weighted by molar-refractivity contribution is -0.384. The fraction of sp³-hybridized carbons (Fsp3) is 0.133. The van der Waals surface area contributed by atoms with Crippen LogP contribution in [-0.4, -0.2) is 17.1 Å². The molecule has 2 aromatic rings. The van der Waals surface area contributed by atoms with Crippen LogP contribution >= 0.6 is 12.2 Å². The fourth-order valence-corrected chi connectivity index (χ4v) is 2.09. The third-order valence-corrected chi connectivity index (χ3v) is 3.19. The van der Waals surface area contributed by atoms with Crippen molar-refractivity contribution in [1.82, 2.24) is 5.32 Å². The molecular formula is C15H15N3O3S. The minimum Gasteiger partial charge on any atom is -0.496 e. The molecule has 0 heterocycles. The Kier molecular flexibility index (Phi) is 5.26. The number of nitro benzene ring substituents is 1. The fourth-order valence-electron chi connectivity index (χ4n) is 1.90. The predicted molar refractivity (Wildman–Crippen MR) is 89.2 cm³/mol. The number of nitrogens with one attached hydrogen (secondary N) is 2. The van der Waals surface area contributed by atoms with Gasteiger partial charge < -0.3 is 15.4 Å². The van der Waals surface area contributed by atoms with Crippen LogP contribution in [0.4, 0.5) is 11.4 Å². The van der Waals surface area contributed by atoms with E-state index >= 15 is 0 Å². The first-order valence-electron chi connectivity index (χ1n) is 6.51. The second-order valence-corrected chi connectivity index (χ2v) is 4.84. The summed E-state index contributed by atoms with van der Waals surface area (Å²) in [6.07, 6.45) is 0. The summed E-state index contributed by atoms with van der Waals surface area (Å²) in [5.41, 5.74) is 1.54. The first kappa shape index (κ1) is 15.7. The Morgan fingerprint density at radius 3 is 2.77 bits per heavy atom. The van der Waals surface area contributed by atoms with E-state index in [-0.39, 0.29) is 5.69 Å². The minimum absolute atomic E-state index is 0.0116. The molecule has 6 nitrogen and oxygen atoms in total. The second-order valence-electron chi connectivity index (χ2n) is 4.43. The quantitative estimate of drug-likeness (QED) is 0.501. The highest BCUT2D eigenvalue weighted by Gasteiger charge is 2.07. The maximum absolute atomic E-state index is 10.7. The van der Waals surface area contributed by atoms with Gasteiger partial charge >= 0.3 is 0 Å². The number of ether oxygens (including phenoxy) is 1. The van der Waals surface area contributed by atoms with E-state index in [1.807, 2.05) is 24.3 Å². The lowest BCUT2D eigenvalue weighted by atomic mass is 10.2. The molecule has 22 heavy (non-hydrogen) atoms. The summed E-state index contributed by atoms with van der Waals surface area (Å²) in [4.78, 5) is 10.3. The zero-order valence-corrected chi connectivity index (χ0v) is 12.7. The molecule has 0 atom stereocenters. The third kappa shape index (κ3) is 4.16. The van der Waals surface area contributed by atoms with Crippen LogP contribution in [0.25, 0.3) is 0 Å². The Morgan fingerprint density at radius 2 is 2.05 bits per heavy atom. The molecule has 0 aromatic heterocycles. The highest BCUT2D eigenvalue weighted by Crippen LogP contribution is 2.18. The largest absolute Gasteiger partial charge is 0.496 e. The van der Waals surface area contributed by atoms with Crippen LogP contribution in [0, 0.1) is 10.1 Å². The van der Waals surface area contributed by atoms with E-state index in [2.05, 4.69) is 10.6 Å². The monoisotopic (exact) mass is 317 g/mol. The van der Waals surface area contributed by atoms with Crippen LogP contribution < -0.4 is 15.4 Å². The Hall–Kier alpha value is -2.67. The number of hydrogen-bond donors (Lipinski definition) is 2. The van der Waals surface area contributed by atoms with Gasteiger partial charge in [-0.05, 0) is 24.4 Å². The maximum atomic E-state index is 10.7. The zero-order valence-electron chi connectivity index (χ0n) is 11.9. The average molecular weight is 317 g/mol. The summed E-state index contributed by atoms with van der Waals surface area (Å²) in [5.74, 6) is 0.771. The van der Waals surface area contributed by atoms with Crippen molar-refractivity contribution in [2.75, 3.05) is 12.4 Å². The molecular weight excluding hydrogens is 302 g/mol. The summed E-state index contributed by atoms with van der Waals surface area (Å²) in [6.45, 7) is 0.491. The molecule has 0 saturated heterocycles. The number of non-ortho nitro benzene ring substituents is 1. The number of rotatable bonds is 5. The molecule has 0 aliphatic rings. The van der Waals surface area contributed by atoms with Crippen molar-refractivity contribution < 1.29 is 9.66 Å². The molecule has 2 N–H and O–H groups in total. The molecule has 0 spiro atoms. The van der Waals surface area contributed by atoms with Gasteiger partial charge in [0.05, 0.1) is 12.0 Å². The van der Waals surface area contributed by atoms with Crippen LogP contribution in [0.1, 0.15) is 5.56 Å². The minimum atomic E-state index is -0.448. The van der Waals surface area contributed by atoms with Crippen molar-refractivity contribution in [1.29, 1.82) is 0 Å². The molecule has 0 fully saturated rings.